The molecular formula is C16H25NO2. The lowest BCUT2D eigenvalue weighted by molar-refractivity contribution is -0.131. The van der Waals surface area contributed by atoms with Crippen LogP contribution in [0, 0.1) is 11.8 Å². The number of hydrogen-bond donors (Lipinski definition) is 1. The molecule has 0 radical (unpaired) electrons. The fourth-order valence-corrected chi connectivity index (χ4v) is 2.09. The van der Waals surface area contributed by atoms with Gasteiger partial charge in [-0.15, -0.1) is 0 Å². The van der Waals surface area contributed by atoms with Gasteiger partial charge in [-0.05, 0) is 17.9 Å². The molecular weight excluding hydrogens is 238 g/mol. The van der Waals surface area contributed by atoms with Gasteiger partial charge in [0.05, 0.1) is 6.42 Å². The number of nitrogens with zero attached hydrogens (tertiary/aromatic N) is 1. The predicted octanol–water partition coefficient (Wildman–Crippen LogP) is 3.08. The summed E-state index contributed by atoms with van der Waals surface area (Å²) >= 11 is 0. The predicted molar refractivity (Wildman–Crippen MR) is 78.1 cm³/mol. The molecule has 0 aromatic heterocycles. The minimum atomic E-state index is 0.0869. The SMILES string of the molecule is CC(C)CN(CC(C)C)C(=O)Cc1ccccc1O. The number of benzene rings is 1. The van der Waals surface area contributed by atoms with Gasteiger partial charge in [-0.2, -0.15) is 0 Å². The van der Waals surface area contributed by atoms with E-state index < -0.39 is 0 Å². The van der Waals surface area contributed by atoms with Gasteiger partial charge >= 0.3 is 0 Å². The molecule has 0 bridgehead atoms. The molecule has 0 atom stereocenters. The van der Waals surface area contributed by atoms with E-state index in [2.05, 4.69) is 27.7 Å². The normalized spacial score (nSPS) is 11.1. The molecule has 1 rings (SSSR count). The van der Waals surface area contributed by atoms with Gasteiger partial charge in [-0.1, -0.05) is 45.9 Å². The summed E-state index contributed by atoms with van der Waals surface area (Å²) in [5, 5.41) is 9.73. The van der Waals surface area contributed by atoms with E-state index in [1.807, 2.05) is 11.0 Å². The second-order valence-corrected chi connectivity index (χ2v) is 5.89. The van der Waals surface area contributed by atoms with Crippen molar-refractivity contribution in [3.63, 3.8) is 0 Å². The van der Waals surface area contributed by atoms with E-state index in [9.17, 15) is 9.90 Å². The summed E-state index contributed by atoms with van der Waals surface area (Å²) in [4.78, 5) is 14.3. The summed E-state index contributed by atoms with van der Waals surface area (Å²) in [5.41, 5.74) is 0.699. The van der Waals surface area contributed by atoms with Crippen molar-refractivity contribution in [2.24, 2.45) is 11.8 Å². The average Bonchev–Trinajstić information content (AvgIpc) is 2.30. The smallest absolute Gasteiger partial charge is 0.227 e. The lowest BCUT2D eigenvalue weighted by Crippen LogP contribution is -2.37. The molecule has 106 valence electrons. The summed E-state index contributed by atoms with van der Waals surface area (Å²) in [6.45, 7) is 9.98. The van der Waals surface area contributed by atoms with E-state index in [0.29, 0.717) is 17.4 Å². The summed E-state index contributed by atoms with van der Waals surface area (Å²) in [6.07, 6.45) is 0.270. The first-order valence-corrected chi connectivity index (χ1v) is 6.94. The van der Waals surface area contributed by atoms with Gasteiger partial charge in [-0.25, -0.2) is 0 Å². The standard InChI is InChI=1S/C16H25NO2/c1-12(2)10-17(11-13(3)4)16(19)9-14-7-5-6-8-15(14)18/h5-8,12-13,18H,9-11H2,1-4H3. The number of phenolic OH excluding ortho intramolecular Hbond substituents is 1. The Kier molecular flexibility index (Phi) is 5.87. The number of amides is 1. The third kappa shape index (κ3) is 5.33. The Bertz CT molecular complexity index is 403. The Balaban J connectivity index is 2.74. The minimum Gasteiger partial charge on any atom is -0.508 e. The van der Waals surface area contributed by atoms with Crippen LogP contribution in [0.4, 0.5) is 0 Å². The molecule has 3 heteroatoms. The van der Waals surface area contributed by atoms with Crippen LogP contribution in [0.25, 0.3) is 0 Å². The fourth-order valence-electron chi connectivity index (χ4n) is 2.09. The number of phenols is 1. The number of hydrogen-bond acceptors (Lipinski definition) is 2. The molecule has 0 heterocycles. The minimum absolute atomic E-state index is 0.0869. The maximum atomic E-state index is 12.4. The summed E-state index contributed by atoms with van der Waals surface area (Å²) in [5.74, 6) is 1.19. The summed E-state index contributed by atoms with van der Waals surface area (Å²) < 4.78 is 0. The van der Waals surface area contributed by atoms with Crippen LogP contribution in [-0.2, 0) is 11.2 Å². The lowest BCUT2D eigenvalue weighted by Gasteiger charge is -2.26. The van der Waals surface area contributed by atoms with Crippen LogP contribution in [0.3, 0.4) is 0 Å². The Hall–Kier alpha value is -1.51. The van der Waals surface area contributed by atoms with Crippen molar-refractivity contribution in [2.75, 3.05) is 13.1 Å². The quantitative estimate of drug-likeness (QED) is 0.857. The van der Waals surface area contributed by atoms with Crippen molar-refractivity contribution in [1.82, 2.24) is 4.90 Å². The number of carbonyl (C=O) groups is 1. The van der Waals surface area contributed by atoms with Crippen LogP contribution in [0.15, 0.2) is 24.3 Å². The van der Waals surface area contributed by atoms with Crippen molar-refractivity contribution in [3.8, 4) is 5.75 Å². The van der Waals surface area contributed by atoms with Crippen molar-refractivity contribution in [1.29, 1.82) is 0 Å². The van der Waals surface area contributed by atoms with E-state index in [0.717, 1.165) is 13.1 Å². The third-order valence-corrected chi connectivity index (χ3v) is 2.86. The van der Waals surface area contributed by atoms with Crippen LogP contribution in [0.5, 0.6) is 5.75 Å². The molecule has 0 aliphatic carbocycles. The highest BCUT2D eigenvalue weighted by Gasteiger charge is 2.17. The highest BCUT2D eigenvalue weighted by Crippen LogP contribution is 2.17. The topological polar surface area (TPSA) is 40.5 Å². The zero-order chi connectivity index (χ0) is 14.4. The van der Waals surface area contributed by atoms with Crippen molar-refractivity contribution in [2.45, 2.75) is 34.1 Å². The van der Waals surface area contributed by atoms with E-state index in [-0.39, 0.29) is 18.1 Å². The monoisotopic (exact) mass is 263 g/mol. The van der Waals surface area contributed by atoms with E-state index >= 15 is 0 Å². The van der Waals surface area contributed by atoms with E-state index in [1.165, 1.54) is 0 Å². The maximum absolute atomic E-state index is 12.4. The van der Waals surface area contributed by atoms with Gasteiger partial charge in [0.25, 0.3) is 0 Å². The van der Waals surface area contributed by atoms with E-state index in [1.54, 1.807) is 18.2 Å². The molecule has 0 aliphatic heterocycles. The molecule has 1 amide bonds. The highest BCUT2D eigenvalue weighted by molar-refractivity contribution is 5.79. The second-order valence-electron chi connectivity index (χ2n) is 5.89. The molecule has 0 fully saturated rings. The van der Waals surface area contributed by atoms with Gasteiger partial charge in [0.1, 0.15) is 5.75 Å². The molecule has 0 unspecified atom stereocenters. The van der Waals surface area contributed by atoms with Crippen LogP contribution in [-0.4, -0.2) is 29.0 Å². The van der Waals surface area contributed by atoms with Gasteiger partial charge < -0.3 is 10.0 Å². The van der Waals surface area contributed by atoms with Crippen LogP contribution in [0.2, 0.25) is 0 Å². The van der Waals surface area contributed by atoms with Gasteiger partial charge in [0.15, 0.2) is 0 Å². The molecule has 1 N–H and O–H groups in total. The molecule has 0 aliphatic rings. The third-order valence-electron chi connectivity index (χ3n) is 2.86. The van der Waals surface area contributed by atoms with Crippen LogP contribution >= 0.6 is 0 Å². The molecule has 0 saturated heterocycles. The summed E-state index contributed by atoms with van der Waals surface area (Å²) in [6, 6.07) is 7.04. The van der Waals surface area contributed by atoms with Crippen LogP contribution in [0.1, 0.15) is 33.3 Å². The van der Waals surface area contributed by atoms with Gasteiger partial charge in [0.2, 0.25) is 5.91 Å². The Morgan fingerprint density at radius 3 is 2.11 bits per heavy atom. The molecule has 1 aromatic rings. The average molecular weight is 263 g/mol. The largest absolute Gasteiger partial charge is 0.508 e. The molecule has 19 heavy (non-hydrogen) atoms. The fraction of sp³-hybridized carbons (Fsp3) is 0.562. The van der Waals surface area contributed by atoms with Gasteiger partial charge in [0, 0.05) is 18.7 Å². The maximum Gasteiger partial charge on any atom is 0.227 e. The first kappa shape index (κ1) is 15.5. The number of para-hydroxylation sites is 1. The first-order valence-electron chi connectivity index (χ1n) is 6.94. The summed E-state index contributed by atoms with van der Waals surface area (Å²) in [7, 11) is 0. The zero-order valence-electron chi connectivity index (χ0n) is 12.4. The van der Waals surface area contributed by atoms with Crippen LogP contribution < -0.4 is 0 Å². The Labute approximate surface area is 116 Å². The van der Waals surface area contributed by atoms with Gasteiger partial charge in [-0.3, -0.25) is 4.79 Å². The zero-order valence-corrected chi connectivity index (χ0v) is 12.4. The number of aromatic hydroxyl groups is 1. The van der Waals surface area contributed by atoms with Crippen molar-refractivity contribution < 1.29 is 9.90 Å². The lowest BCUT2D eigenvalue weighted by atomic mass is 10.1. The number of carbonyl (C=O) groups excluding carboxylic acids is 1. The van der Waals surface area contributed by atoms with Crippen molar-refractivity contribution >= 4 is 5.91 Å². The van der Waals surface area contributed by atoms with Crippen molar-refractivity contribution in [3.05, 3.63) is 29.8 Å². The van der Waals surface area contributed by atoms with E-state index in [4.69, 9.17) is 0 Å². The first-order chi connectivity index (χ1) is 8.90. The molecule has 0 spiro atoms. The molecule has 0 saturated carbocycles. The molecule has 3 nitrogen and oxygen atoms in total. The Morgan fingerprint density at radius 1 is 1.11 bits per heavy atom. The molecule has 1 aromatic carbocycles. The second kappa shape index (κ2) is 7.17. The highest BCUT2D eigenvalue weighted by atomic mass is 16.3. The number of rotatable bonds is 6. The Morgan fingerprint density at radius 2 is 1.63 bits per heavy atom.